The quantitative estimate of drug-likeness (QED) is 0.303. The molecule has 2 aromatic rings. The van der Waals surface area contributed by atoms with Gasteiger partial charge in [-0.3, -0.25) is 9.88 Å². The predicted octanol–water partition coefficient (Wildman–Crippen LogP) is 4.43. The molecule has 1 aliphatic heterocycles. The van der Waals surface area contributed by atoms with Crippen LogP contribution in [0.25, 0.3) is 0 Å². The SMILES string of the molecule is CCNC(=NCc1ncc(C)c(OC)c1C)NC1CCN(Cc2ccccc2)C(C)C1.I. The molecule has 1 fully saturated rings. The second kappa shape index (κ2) is 13.0. The van der Waals surface area contributed by atoms with Gasteiger partial charge in [-0.2, -0.15) is 0 Å². The summed E-state index contributed by atoms with van der Waals surface area (Å²) in [4.78, 5) is 12.0. The minimum Gasteiger partial charge on any atom is -0.496 e. The normalized spacial score (nSPS) is 19.2. The summed E-state index contributed by atoms with van der Waals surface area (Å²) in [5.41, 5.74) is 4.44. The summed E-state index contributed by atoms with van der Waals surface area (Å²) in [7, 11) is 1.71. The zero-order valence-corrected chi connectivity index (χ0v) is 22.3. The Labute approximate surface area is 210 Å². The van der Waals surface area contributed by atoms with Crippen molar-refractivity contribution in [3.63, 3.8) is 0 Å². The summed E-state index contributed by atoms with van der Waals surface area (Å²) >= 11 is 0. The standard InChI is InChI=1S/C25H37N5O.HI/c1-6-26-25(28-16-23-20(4)24(31-5)18(2)15-27-23)29-22-12-13-30(19(3)14-22)17-21-10-8-7-9-11-21;/h7-11,15,19,22H,6,12-14,16-17H2,1-5H3,(H2,26,28,29);1H. The number of hydrogen-bond donors (Lipinski definition) is 2. The Balaban J connectivity index is 0.00000363. The van der Waals surface area contributed by atoms with Gasteiger partial charge in [0, 0.05) is 49.0 Å². The third-order valence-electron chi connectivity index (χ3n) is 6.06. The number of guanidine groups is 1. The van der Waals surface area contributed by atoms with Gasteiger partial charge in [-0.15, -0.1) is 24.0 Å². The highest BCUT2D eigenvalue weighted by Crippen LogP contribution is 2.24. The number of aromatic nitrogens is 1. The first-order valence-corrected chi connectivity index (χ1v) is 11.3. The zero-order valence-electron chi connectivity index (χ0n) is 20.0. The molecule has 6 nitrogen and oxygen atoms in total. The molecule has 0 saturated carbocycles. The molecule has 0 amide bonds. The second-order valence-corrected chi connectivity index (χ2v) is 8.41. The number of hydrogen-bond acceptors (Lipinski definition) is 4. The molecule has 1 aromatic heterocycles. The lowest BCUT2D eigenvalue weighted by atomic mass is 9.97. The fraction of sp³-hybridized carbons (Fsp3) is 0.520. The van der Waals surface area contributed by atoms with Gasteiger partial charge >= 0.3 is 0 Å². The Bertz CT molecular complexity index is 874. The third kappa shape index (κ3) is 7.07. The van der Waals surface area contributed by atoms with E-state index in [2.05, 4.69) is 64.7 Å². The molecule has 1 aromatic carbocycles. The van der Waals surface area contributed by atoms with Crippen LogP contribution in [-0.2, 0) is 13.1 Å². The van der Waals surface area contributed by atoms with E-state index in [0.717, 1.165) is 61.0 Å². The molecule has 1 aliphatic rings. The summed E-state index contributed by atoms with van der Waals surface area (Å²) in [5, 5.41) is 7.05. The summed E-state index contributed by atoms with van der Waals surface area (Å²) in [6.07, 6.45) is 4.07. The maximum Gasteiger partial charge on any atom is 0.191 e. The van der Waals surface area contributed by atoms with Gasteiger partial charge in [0.05, 0.1) is 19.3 Å². The van der Waals surface area contributed by atoms with Crippen LogP contribution in [-0.4, -0.2) is 48.1 Å². The summed E-state index contributed by atoms with van der Waals surface area (Å²) in [6.45, 7) is 12.0. The van der Waals surface area contributed by atoms with Crippen molar-refractivity contribution >= 4 is 29.9 Å². The van der Waals surface area contributed by atoms with Gasteiger partial charge in [-0.05, 0) is 46.1 Å². The molecule has 7 heteroatoms. The van der Waals surface area contributed by atoms with Crippen molar-refractivity contribution in [1.82, 2.24) is 20.5 Å². The number of likely N-dealkylation sites (tertiary alicyclic amines) is 1. The fourth-order valence-electron chi connectivity index (χ4n) is 4.30. The van der Waals surface area contributed by atoms with Crippen LogP contribution in [0.4, 0.5) is 0 Å². The molecule has 0 radical (unpaired) electrons. The zero-order chi connectivity index (χ0) is 22.2. The van der Waals surface area contributed by atoms with Gasteiger partial charge in [-0.1, -0.05) is 30.3 Å². The van der Waals surface area contributed by atoms with E-state index in [1.54, 1.807) is 7.11 Å². The molecular formula is C25H38IN5O. The van der Waals surface area contributed by atoms with E-state index in [0.29, 0.717) is 18.6 Å². The van der Waals surface area contributed by atoms with Crippen molar-refractivity contribution in [2.45, 2.75) is 65.7 Å². The van der Waals surface area contributed by atoms with Gasteiger partial charge < -0.3 is 15.4 Å². The van der Waals surface area contributed by atoms with Crippen LogP contribution in [0.1, 0.15) is 49.1 Å². The monoisotopic (exact) mass is 551 g/mol. The molecule has 2 N–H and O–H groups in total. The maximum atomic E-state index is 5.53. The van der Waals surface area contributed by atoms with Crippen molar-refractivity contribution in [3.8, 4) is 5.75 Å². The van der Waals surface area contributed by atoms with Crippen LogP contribution in [0, 0.1) is 13.8 Å². The van der Waals surface area contributed by atoms with E-state index in [1.807, 2.05) is 20.0 Å². The van der Waals surface area contributed by atoms with E-state index in [-0.39, 0.29) is 24.0 Å². The van der Waals surface area contributed by atoms with E-state index < -0.39 is 0 Å². The number of pyridine rings is 1. The Morgan fingerprint density at radius 2 is 2.00 bits per heavy atom. The van der Waals surface area contributed by atoms with Gasteiger partial charge in [-0.25, -0.2) is 4.99 Å². The van der Waals surface area contributed by atoms with Gasteiger partial charge in [0.25, 0.3) is 0 Å². The smallest absolute Gasteiger partial charge is 0.191 e. The van der Waals surface area contributed by atoms with Crippen LogP contribution >= 0.6 is 24.0 Å². The molecule has 2 heterocycles. The molecular weight excluding hydrogens is 513 g/mol. The maximum absolute atomic E-state index is 5.53. The number of ether oxygens (including phenoxy) is 1. The number of benzene rings is 1. The van der Waals surface area contributed by atoms with E-state index in [1.165, 1.54) is 5.56 Å². The average Bonchev–Trinajstić information content (AvgIpc) is 2.76. The number of halogens is 1. The molecule has 0 aliphatic carbocycles. The number of methoxy groups -OCH3 is 1. The van der Waals surface area contributed by atoms with Crippen LogP contribution < -0.4 is 15.4 Å². The van der Waals surface area contributed by atoms with Crippen LogP contribution in [0.15, 0.2) is 41.5 Å². The topological polar surface area (TPSA) is 61.8 Å². The first-order valence-electron chi connectivity index (χ1n) is 11.3. The highest BCUT2D eigenvalue weighted by Gasteiger charge is 2.26. The number of aryl methyl sites for hydroxylation is 1. The largest absolute Gasteiger partial charge is 0.496 e. The third-order valence-corrected chi connectivity index (χ3v) is 6.06. The molecule has 32 heavy (non-hydrogen) atoms. The fourth-order valence-corrected chi connectivity index (χ4v) is 4.30. The Morgan fingerprint density at radius 3 is 2.66 bits per heavy atom. The Morgan fingerprint density at radius 1 is 1.25 bits per heavy atom. The van der Waals surface area contributed by atoms with Gasteiger partial charge in [0.2, 0.25) is 0 Å². The van der Waals surface area contributed by atoms with Crippen molar-refractivity contribution in [2.24, 2.45) is 4.99 Å². The Kier molecular flexibility index (Phi) is 10.7. The molecule has 1 saturated heterocycles. The minimum absolute atomic E-state index is 0. The van der Waals surface area contributed by atoms with Crippen molar-refractivity contribution in [3.05, 3.63) is 58.9 Å². The van der Waals surface area contributed by atoms with Gasteiger partial charge in [0.1, 0.15) is 5.75 Å². The predicted molar refractivity (Wildman–Crippen MR) is 143 cm³/mol. The molecule has 0 spiro atoms. The molecule has 0 bridgehead atoms. The molecule has 2 unspecified atom stereocenters. The second-order valence-electron chi connectivity index (χ2n) is 8.41. The Hall–Kier alpha value is -1.87. The van der Waals surface area contributed by atoms with E-state index >= 15 is 0 Å². The summed E-state index contributed by atoms with van der Waals surface area (Å²) < 4.78 is 5.53. The number of nitrogens with one attached hydrogen (secondary N) is 2. The van der Waals surface area contributed by atoms with Crippen LogP contribution in [0.3, 0.4) is 0 Å². The molecule has 3 rings (SSSR count). The van der Waals surface area contributed by atoms with Crippen LogP contribution in [0.5, 0.6) is 5.75 Å². The van der Waals surface area contributed by atoms with E-state index in [4.69, 9.17) is 9.73 Å². The lowest BCUT2D eigenvalue weighted by Crippen LogP contribution is -2.51. The highest BCUT2D eigenvalue weighted by molar-refractivity contribution is 14.0. The first kappa shape index (κ1) is 26.4. The highest BCUT2D eigenvalue weighted by atomic mass is 127. The van der Waals surface area contributed by atoms with Crippen molar-refractivity contribution in [1.29, 1.82) is 0 Å². The van der Waals surface area contributed by atoms with E-state index in [9.17, 15) is 0 Å². The van der Waals surface area contributed by atoms with Crippen molar-refractivity contribution < 1.29 is 4.74 Å². The van der Waals surface area contributed by atoms with Gasteiger partial charge in [0.15, 0.2) is 5.96 Å². The molecule has 2 atom stereocenters. The number of nitrogens with zero attached hydrogens (tertiary/aromatic N) is 3. The van der Waals surface area contributed by atoms with Crippen molar-refractivity contribution in [2.75, 3.05) is 20.2 Å². The lowest BCUT2D eigenvalue weighted by molar-refractivity contribution is 0.134. The average molecular weight is 552 g/mol. The number of piperidine rings is 1. The summed E-state index contributed by atoms with van der Waals surface area (Å²) in [6, 6.07) is 11.7. The number of aliphatic imine (C=N–C) groups is 1. The number of rotatable bonds is 7. The summed E-state index contributed by atoms with van der Waals surface area (Å²) in [5.74, 6) is 1.76. The minimum atomic E-state index is 0. The lowest BCUT2D eigenvalue weighted by Gasteiger charge is -2.38. The first-order chi connectivity index (χ1) is 15.0. The van der Waals surface area contributed by atoms with Crippen LogP contribution in [0.2, 0.25) is 0 Å². The molecule has 176 valence electrons.